The molecule has 2 aliphatic heterocycles. The molecule has 2 unspecified atom stereocenters. The number of carbonyl (C=O) groups excluding carboxylic acids is 2. The second kappa shape index (κ2) is 5.69. The van der Waals surface area contributed by atoms with E-state index in [1.54, 1.807) is 11.8 Å². The summed E-state index contributed by atoms with van der Waals surface area (Å²) in [7, 11) is 0. The van der Waals surface area contributed by atoms with E-state index < -0.39 is 11.9 Å². The molecule has 1 amide bonds. The quantitative estimate of drug-likeness (QED) is 0.509. The maximum atomic E-state index is 12.0. The molecule has 2 saturated heterocycles. The van der Waals surface area contributed by atoms with E-state index in [0.29, 0.717) is 12.6 Å². The third-order valence-electron chi connectivity index (χ3n) is 3.90. The van der Waals surface area contributed by atoms with Crippen LogP contribution in [0.1, 0.15) is 33.1 Å². The van der Waals surface area contributed by atoms with Gasteiger partial charge in [-0.15, -0.1) is 0 Å². The van der Waals surface area contributed by atoms with Crippen LogP contribution in [0.15, 0.2) is 0 Å². The molecule has 2 fully saturated rings. The van der Waals surface area contributed by atoms with E-state index >= 15 is 0 Å². The minimum atomic E-state index is -0.714. The molecular weight excluding hydrogens is 232 g/mol. The van der Waals surface area contributed by atoms with Crippen molar-refractivity contribution in [3.05, 3.63) is 0 Å². The number of esters is 1. The molecule has 0 N–H and O–H groups in total. The predicted molar refractivity (Wildman–Crippen MR) is 67.0 cm³/mol. The topological polar surface area (TPSA) is 49.9 Å². The number of piperazine rings is 1. The molecule has 0 aliphatic carbocycles. The summed E-state index contributed by atoms with van der Waals surface area (Å²) in [4.78, 5) is 27.7. The Morgan fingerprint density at radius 2 is 2.06 bits per heavy atom. The minimum Gasteiger partial charge on any atom is -0.459 e. The molecule has 5 heteroatoms. The lowest BCUT2D eigenvalue weighted by atomic mass is 9.97. The lowest BCUT2D eigenvalue weighted by Gasteiger charge is -2.47. The molecule has 2 aliphatic rings. The normalized spacial score (nSPS) is 28.7. The van der Waals surface area contributed by atoms with Crippen molar-refractivity contribution in [3.8, 4) is 0 Å². The average Bonchev–Trinajstić information content (AvgIpc) is 2.37. The Balaban J connectivity index is 2.00. The van der Waals surface area contributed by atoms with Gasteiger partial charge in [-0.1, -0.05) is 6.42 Å². The van der Waals surface area contributed by atoms with E-state index in [1.807, 2.05) is 6.92 Å². The summed E-state index contributed by atoms with van der Waals surface area (Å²) in [6, 6.07) is 0.518. The summed E-state index contributed by atoms with van der Waals surface area (Å²) >= 11 is 0. The molecule has 5 nitrogen and oxygen atoms in total. The zero-order valence-electron chi connectivity index (χ0n) is 11.2. The van der Waals surface area contributed by atoms with Crippen molar-refractivity contribution < 1.29 is 14.3 Å². The largest absolute Gasteiger partial charge is 0.459 e. The SMILES string of the molecule is CCOC(=O)C(=O)N1CC2CCCCN2CC1C. The first-order valence-corrected chi connectivity index (χ1v) is 6.85. The van der Waals surface area contributed by atoms with E-state index in [9.17, 15) is 9.59 Å². The molecule has 2 heterocycles. The molecule has 2 rings (SSSR count). The van der Waals surface area contributed by atoms with E-state index in [2.05, 4.69) is 4.90 Å². The number of fused-ring (bicyclic) bond motifs is 1. The summed E-state index contributed by atoms with van der Waals surface area (Å²) in [5.41, 5.74) is 0. The highest BCUT2D eigenvalue weighted by molar-refractivity contribution is 6.32. The first kappa shape index (κ1) is 13.3. The van der Waals surface area contributed by atoms with Crippen molar-refractivity contribution >= 4 is 11.9 Å². The molecule has 0 saturated carbocycles. The fourth-order valence-electron chi connectivity index (χ4n) is 2.95. The fourth-order valence-corrected chi connectivity index (χ4v) is 2.95. The highest BCUT2D eigenvalue weighted by Gasteiger charge is 2.37. The van der Waals surface area contributed by atoms with Crippen LogP contribution in [0.25, 0.3) is 0 Å². The summed E-state index contributed by atoms with van der Waals surface area (Å²) in [6.07, 6.45) is 3.59. The summed E-state index contributed by atoms with van der Waals surface area (Å²) in [6.45, 7) is 6.63. The van der Waals surface area contributed by atoms with Crippen LogP contribution in [0.3, 0.4) is 0 Å². The number of rotatable bonds is 1. The molecule has 102 valence electrons. The number of nitrogens with zero attached hydrogens (tertiary/aromatic N) is 2. The van der Waals surface area contributed by atoms with Gasteiger partial charge in [0.1, 0.15) is 0 Å². The van der Waals surface area contributed by atoms with Gasteiger partial charge in [-0.2, -0.15) is 0 Å². The summed E-state index contributed by atoms with van der Waals surface area (Å²) < 4.78 is 4.80. The fraction of sp³-hybridized carbons (Fsp3) is 0.846. The van der Waals surface area contributed by atoms with Gasteiger partial charge in [0.25, 0.3) is 0 Å². The molecule has 0 aromatic rings. The van der Waals surface area contributed by atoms with Gasteiger partial charge in [0.05, 0.1) is 6.61 Å². The van der Waals surface area contributed by atoms with Gasteiger partial charge in [0.2, 0.25) is 0 Å². The van der Waals surface area contributed by atoms with Gasteiger partial charge in [0, 0.05) is 25.2 Å². The first-order chi connectivity index (χ1) is 8.63. The third-order valence-corrected chi connectivity index (χ3v) is 3.90. The van der Waals surface area contributed by atoms with Crippen LogP contribution < -0.4 is 0 Å². The zero-order chi connectivity index (χ0) is 13.1. The number of carbonyl (C=O) groups is 2. The van der Waals surface area contributed by atoms with Gasteiger partial charge in [0.15, 0.2) is 0 Å². The van der Waals surface area contributed by atoms with Crippen LogP contribution >= 0.6 is 0 Å². The van der Waals surface area contributed by atoms with Gasteiger partial charge >= 0.3 is 11.9 Å². The Labute approximate surface area is 108 Å². The monoisotopic (exact) mass is 254 g/mol. The predicted octanol–water partition coefficient (Wildman–Crippen LogP) is 0.635. The maximum absolute atomic E-state index is 12.0. The highest BCUT2D eigenvalue weighted by Crippen LogP contribution is 2.24. The van der Waals surface area contributed by atoms with Crippen LogP contribution in [0, 0.1) is 0 Å². The molecule has 0 bridgehead atoms. The summed E-state index contributed by atoms with van der Waals surface area (Å²) in [5, 5.41) is 0. The van der Waals surface area contributed by atoms with Crippen LogP contribution in [0.2, 0.25) is 0 Å². The van der Waals surface area contributed by atoms with Crippen molar-refractivity contribution in [2.24, 2.45) is 0 Å². The number of ether oxygens (including phenoxy) is 1. The molecule has 2 atom stereocenters. The standard InChI is InChI=1S/C13H22N2O3/c1-3-18-13(17)12(16)15-9-11-6-4-5-7-14(11)8-10(15)2/h10-11H,3-9H2,1-2H3. The molecule has 0 spiro atoms. The lowest BCUT2D eigenvalue weighted by molar-refractivity contribution is -0.163. The molecule has 0 aromatic carbocycles. The number of piperidine rings is 1. The van der Waals surface area contributed by atoms with E-state index in [-0.39, 0.29) is 12.6 Å². The van der Waals surface area contributed by atoms with Gasteiger partial charge in [-0.25, -0.2) is 4.79 Å². The van der Waals surface area contributed by atoms with Crippen molar-refractivity contribution in [2.75, 3.05) is 26.2 Å². The van der Waals surface area contributed by atoms with Crippen molar-refractivity contribution in [3.63, 3.8) is 0 Å². The average molecular weight is 254 g/mol. The zero-order valence-corrected chi connectivity index (χ0v) is 11.2. The third kappa shape index (κ3) is 2.66. The lowest BCUT2D eigenvalue weighted by Crippen LogP contribution is -2.61. The maximum Gasteiger partial charge on any atom is 0.397 e. The van der Waals surface area contributed by atoms with Crippen LogP contribution in [-0.4, -0.2) is 60.0 Å². The van der Waals surface area contributed by atoms with Crippen LogP contribution in [0.4, 0.5) is 0 Å². The van der Waals surface area contributed by atoms with Crippen molar-refractivity contribution in [1.82, 2.24) is 9.80 Å². The second-order valence-corrected chi connectivity index (χ2v) is 5.17. The van der Waals surface area contributed by atoms with Crippen molar-refractivity contribution in [2.45, 2.75) is 45.2 Å². The highest BCUT2D eigenvalue weighted by atomic mass is 16.5. The molecule has 0 aromatic heterocycles. The minimum absolute atomic E-state index is 0.0938. The summed E-state index contributed by atoms with van der Waals surface area (Å²) in [5.74, 6) is -1.19. The molecular formula is C13H22N2O3. The number of hydrogen-bond acceptors (Lipinski definition) is 4. The molecule has 18 heavy (non-hydrogen) atoms. The van der Waals surface area contributed by atoms with E-state index in [1.165, 1.54) is 12.8 Å². The van der Waals surface area contributed by atoms with E-state index in [4.69, 9.17) is 4.74 Å². The van der Waals surface area contributed by atoms with E-state index in [0.717, 1.165) is 19.5 Å². The number of amides is 1. The van der Waals surface area contributed by atoms with Crippen LogP contribution in [0.5, 0.6) is 0 Å². The van der Waals surface area contributed by atoms with Gasteiger partial charge < -0.3 is 9.64 Å². The van der Waals surface area contributed by atoms with Crippen molar-refractivity contribution in [1.29, 1.82) is 0 Å². The Hall–Kier alpha value is -1.10. The van der Waals surface area contributed by atoms with Gasteiger partial charge in [-0.05, 0) is 33.2 Å². The Morgan fingerprint density at radius 1 is 1.28 bits per heavy atom. The smallest absolute Gasteiger partial charge is 0.397 e. The Morgan fingerprint density at radius 3 is 2.78 bits per heavy atom. The molecule has 0 radical (unpaired) electrons. The first-order valence-electron chi connectivity index (χ1n) is 6.85. The van der Waals surface area contributed by atoms with Crippen LogP contribution in [-0.2, 0) is 14.3 Å². The number of hydrogen-bond donors (Lipinski definition) is 0. The Bertz CT molecular complexity index is 332. The van der Waals surface area contributed by atoms with Gasteiger partial charge in [-0.3, -0.25) is 9.69 Å². The second-order valence-electron chi connectivity index (χ2n) is 5.17. The Kier molecular flexibility index (Phi) is 4.22.